The van der Waals surface area contributed by atoms with E-state index in [1.165, 1.54) is 70.3 Å². The third-order valence-corrected chi connectivity index (χ3v) is 9.83. The van der Waals surface area contributed by atoms with E-state index in [-0.39, 0.29) is 12.4 Å². The van der Waals surface area contributed by atoms with Crippen molar-refractivity contribution in [1.82, 2.24) is 0 Å². The van der Waals surface area contributed by atoms with Gasteiger partial charge in [-0.15, -0.1) is 12.4 Å². The van der Waals surface area contributed by atoms with Crippen LogP contribution in [0.5, 0.6) is 0 Å². The summed E-state index contributed by atoms with van der Waals surface area (Å²) >= 11 is 0. The van der Waals surface area contributed by atoms with Gasteiger partial charge in [0.15, 0.2) is 0 Å². The van der Waals surface area contributed by atoms with Crippen LogP contribution in [-0.4, -0.2) is 11.1 Å². The van der Waals surface area contributed by atoms with Gasteiger partial charge in [0, 0.05) is 6.08 Å². The van der Waals surface area contributed by atoms with Crippen LogP contribution in [0.15, 0.2) is 12.2 Å². The van der Waals surface area contributed by atoms with Gasteiger partial charge in [-0.05, 0) is 97.7 Å². The number of carboxylic acid groups (broad SMARTS) is 1. The first kappa shape index (κ1) is 21.2. The highest BCUT2D eigenvalue weighted by atomic mass is 35.5. The van der Waals surface area contributed by atoms with Gasteiger partial charge in [-0.3, -0.25) is 0 Å². The van der Waals surface area contributed by atoms with Crippen molar-refractivity contribution in [3.8, 4) is 0 Å². The van der Waals surface area contributed by atoms with Crippen molar-refractivity contribution in [3.05, 3.63) is 12.2 Å². The Hall–Kier alpha value is -0.500. The number of halogens is 1. The van der Waals surface area contributed by atoms with Crippen LogP contribution in [0.3, 0.4) is 0 Å². The molecule has 4 fully saturated rings. The zero-order valence-corrected chi connectivity index (χ0v) is 18.3. The zero-order chi connectivity index (χ0) is 18.5. The van der Waals surface area contributed by atoms with Gasteiger partial charge in [0.2, 0.25) is 0 Å². The van der Waals surface area contributed by atoms with Gasteiger partial charge in [-0.2, -0.15) is 0 Å². The molecule has 154 valence electrons. The predicted molar refractivity (Wildman–Crippen MR) is 113 cm³/mol. The van der Waals surface area contributed by atoms with Crippen LogP contribution in [0.2, 0.25) is 0 Å². The lowest BCUT2D eigenvalue weighted by Crippen LogP contribution is -2.53. The minimum atomic E-state index is -0.802. The van der Waals surface area contributed by atoms with Crippen molar-refractivity contribution in [2.24, 2.45) is 46.3 Å². The Kier molecular flexibility index (Phi) is 6.07. The number of fused-ring (bicyclic) bond motifs is 5. The number of hydrogen-bond donors (Lipinski definition) is 1. The van der Waals surface area contributed by atoms with E-state index in [4.69, 9.17) is 5.11 Å². The molecule has 0 heterocycles. The average Bonchev–Trinajstić information content (AvgIpc) is 2.96. The summed E-state index contributed by atoms with van der Waals surface area (Å²) < 4.78 is 0. The molecule has 0 aromatic rings. The molecule has 0 aliphatic heterocycles. The smallest absolute Gasteiger partial charge is 0.327 e. The topological polar surface area (TPSA) is 37.3 Å². The molecular formula is C24H39ClO2. The molecule has 0 bridgehead atoms. The quantitative estimate of drug-likeness (QED) is 0.538. The highest BCUT2D eigenvalue weighted by molar-refractivity contribution is 5.85. The molecule has 0 saturated heterocycles. The lowest BCUT2D eigenvalue weighted by molar-refractivity contribution is -0.131. The Bertz CT molecular complexity index is 587. The van der Waals surface area contributed by atoms with Crippen molar-refractivity contribution >= 4 is 18.4 Å². The van der Waals surface area contributed by atoms with Crippen molar-refractivity contribution < 1.29 is 9.90 Å². The first-order chi connectivity index (χ1) is 12.4. The van der Waals surface area contributed by atoms with Crippen molar-refractivity contribution in [2.75, 3.05) is 0 Å². The number of aliphatic carboxylic acids is 1. The maximum absolute atomic E-state index is 11.0. The average molecular weight is 395 g/mol. The van der Waals surface area contributed by atoms with E-state index in [9.17, 15) is 4.79 Å². The number of rotatable bonds is 3. The van der Waals surface area contributed by atoms with Gasteiger partial charge in [0.05, 0.1) is 0 Å². The number of hydrogen-bond acceptors (Lipinski definition) is 1. The first-order valence-corrected chi connectivity index (χ1v) is 11.3. The molecule has 4 aliphatic rings. The first-order valence-electron chi connectivity index (χ1n) is 11.3. The van der Waals surface area contributed by atoms with E-state index in [1.54, 1.807) is 0 Å². The van der Waals surface area contributed by atoms with Crippen molar-refractivity contribution in [2.45, 2.75) is 85.0 Å². The Morgan fingerprint density at radius 2 is 1.70 bits per heavy atom. The standard InChI is InChI=1S/C24H38O2.ClH/c1-16(7-12-22(25)26)19-10-11-20-18-9-8-17-6-4-5-14-23(17,2)21(18)13-15-24(19,20)3;/h7,12,16-21H,4-6,8-11,13-15H2,1-3H3,(H,25,26);1H/t16-,17?,18+,19-,20+,21+,23+,24-;/m1./s1. The Labute approximate surface area is 172 Å². The van der Waals surface area contributed by atoms with Crippen LogP contribution in [0, 0.1) is 46.3 Å². The molecular weight excluding hydrogens is 356 g/mol. The summed E-state index contributed by atoms with van der Waals surface area (Å²) in [7, 11) is 0. The van der Waals surface area contributed by atoms with E-state index in [1.807, 2.05) is 6.08 Å². The Morgan fingerprint density at radius 3 is 2.44 bits per heavy atom. The third kappa shape index (κ3) is 3.38. The maximum Gasteiger partial charge on any atom is 0.327 e. The fourth-order valence-electron chi connectivity index (χ4n) is 8.57. The van der Waals surface area contributed by atoms with Crippen LogP contribution in [0.4, 0.5) is 0 Å². The molecule has 4 aliphatic carbocycles. The largest absolute Gasteiger partial charge is 0.478 e. The van der Waals surface area contributed by atoms with Crippen molar-refractivity contribution in [1.29, 1.82) is 0 Å². The van der Waals surface area contributed by atoms with Gasteiger partial charge in [-0.25, -0.2) is 4.79 Å². The number of carboxylic acids is 1. The van der Waals surface area contributed by atoms with Crippen LogP contribution >= 0.6 is 12.4 Å². The van der Waals surface area contributed by atoms with Crippen LogP contribution in [0.1, 0.15) is 85.0 Å². The lowest BCUT2D eigenvalue weighted by Gasteiger charge is -2.60. The molecule has 0 amide bonds. The summed E-state index contributed by atoms with van der Waals surface area (Å²) in [4.78, 5) is 11.0. The molecule has 2 nitrogen and oxygen atoms in total. The second-order valence-electron chi connectivity index (χ2n) is 10.7. The summed E-state index contributed by atoms with van der Waals surface area (Å²) in [6.07, 6.45) is 17.7. The van der Waals surface area contributed by atoms with Crippen molar-refractivity contribution in [3.63, 3.8) is 0 Å². The molecule has 27 heavy (non-hydrogen) atoms. The summed E-state index contributed by atoms with van der Waals surface area (Å²) in [6.45, 7) is 7.47. The van der Waals surface area contributed by atoms with E-state index in [0.29, 0.717) is 22.7 Å². The van der Waals surface area contributed by atoms with Gasteiger partial charge in [-0.1, -0.05) is 39.7 Å². The Morgan fingerprint density at radius 1 is 0.963 bits per heavy atom. The monoisotopic (exact) mass is 394 g/mol. The minimum absolute atomic E-state index is 0. The summed E-state index contributed by atoms with van der Waals surface area (Å²) in [5.41, 5.74) is 1.05. The highest BCUT2D eigenvalue weighted by Crippen LogP contribution is 2.68. The molecule has 3 heteroatoms. The summed E-state index contributed by atoms with van der Waals surface area (Å²) in [5.74, 6) is 4.03. The van der Waals surface area contributed by atoms with Crippen LogP contribution < -0.4 is 0 Å². The molecule has 0 spiro atoms. The normalized spacial score (nSPS) is 47.4. The van der Waals surface area contributed by atoms with Gasteiger partial charge in [0.1, 0.15) is 0 Å². The van der Waals surface area contributed by atoms with Gasteiger partial charge < -0.3 is 5.11 Å². The fraction of sp³-hybridized carbons (Fsp3) is 0.875. The second-order valence-corrected chi connectivity index (χ2v) is 10.7. The molecule has 0 aromatic carbocycles. The summed E-state index contributed by atoms with van der Waals surface area (Å²) in [6, 6.07) is 0. The highest BCUT2D eigenvalue weighted by Gasteiger charge is 2.59. The minimum Gasteiger partial charge on any atom is -0.478 e. The Balaban J connectivity index is 0.00000210. The number of carbonyl (C=O) groups is 1. The molecule has 1 unspecified atom stereocenters. The number of allylic oxidation sites excluding steroid dienone is 1. The predicted octanol–water partition coefficient (Wildman–Crippen LogP) is 6.73. The fourth-order valence-corrected chi connectivity index (χ4v) is 8.57. The zero-order valence-electron chi connectivity index (χ0n) is 17.5. The SMILES string of the molecule is C[C@H](C=CC(=O)O)[C@H]1CC[C@H]2[C@@H]3CCC4CCCC[C@]4(C)[C@H]3CC[C@]12C.Cl. The molecule has 0 aromatic heterocycles. The van der Waals surface area contributed by atoms with E-state index in [2.05, 4.69) is 20.8 Å². The van der Waals surface area contributed by atoms with E-state index >= 15 is 0 Å². The van der Waals surface area contributed by atoms with Crippen LogP contribution in [0.25, 0.3) is 0 Å². The molecule has 4 saturated carbocycles. The second kappa shape index (κ2) is 7.73. The molecule has 1 N–H and O–H groups in total. The molecule has 0 radical (unpaired) electrons. The van der Waals surface area contributed by atoms with Crippen LogP contribution in [-0.2, 0) is 4.79 Å². The summed E-state index contributed by atoms with van der Waals surface area (Å²) in [5, 5.41) is 9.01. The maximum atomic E-state index is 11.0. The van der Waals surface area contributed by atoms with Gasteiger partial charge >= 0.3 is 5.97 Å². The third-order valence-electron chi connectivity index (χ3n) is 9.83. The van der Waals surface area contributed by atoms with E-state index < -0.39 is 5.97 Å². The molecule has 8 atom stereocenters. The van der Waals surface area contributed by atoms with Gasteiger partial charge in [0.25, 0.3) is 0 Å². The van der Waals surface area contributed by atoms with E-state index in [0.717, 1.165) is 23.7 Å². The lowest BCUT2D eigenvalue weighted by atomic mass is 9.44. The molecule has 4 rings (SSSR count).